The molecule has 0 saturated carbocycles. The van der Waals surface area contributed by atoms with Gasteiger partial charge < -0.3 is 5.32 Å². The Morgan fingerprint density at radius 2 is 2.14 bits per heavy atom. The van der Waals surface area contributed by atoms with E-state index in [1.807, 2.05) is 24.3 Å². The van der Waals surface area contributed by atoms with E-state index in [2.05, 4.69) is 15.3 Å². The van der Waals surface area contributed by atoms with E-state index in [1.54, 1.807) is 18.5 Å². The van der Waals surface area contributed by atoms with Crippen LogP contribution in [0.25, 0.3) is 6.08 Å². The van der Waals surface area contributed by atoms with Gasteiger partial charge in [-0.2, -0.15) is 0 Å². The van der Waals surface area contributed by atoms with Crippen LogP contribution < -0.4 is 15.9 Å². The van der Waals surface area contributed by atoms with Crippen molar-refractivity contribution in [3.63, 3.8) is 0 Å². The number of carbonyl (C=O) groups excluding carboxylic acids is 2. The summed E-state index contributed by atoms with van der Waals surface area (Å²) in [6.45, 7) is 0.581. The Kier molecular flexibility index (Phi) is 2.85. The third-order valence-corrected chi connectivity index (χ3v) is 4.07. The summed E-state index contributed by atoms with van der Waals surface area (Å²) in [5.41, 5.74) is 2.68. The molecule has 0 saturated heterocycles. The van der Waals surface area contributed by atoms with Crippen LogP contribution in [0.4, 0.5) is 0 Å². The molecule has 3 heterocycles. The highest BCUT2D eigenvalue weighted by Crippen LogP contribution is 2.20. The fourth-order valence-corrected chi connectivity index (χ4v) is 2.91. The van der Waals surface area contributed by atoms with Crippen molar-refractivity contribution in [3.05, 3.63) is 63.9 Å². The monoisotopic (exact) mass is 291 g/mol. The van der Waals surface area contributed by atoms with Gasteiger partial charge in [0, 0.05) is 29.7 Å². The topological polar surface area (TPSA) is 71.4 Å². The van der Waals surface area contributed by atoms with Gasteiger partial charge in [0.25, 0.3) is 11.8 Å². The molecule has 5 nitrogen and oxygen atoms in total. The summed E-state index contributed by atoms with van der Waals surface area (Å²) in [5, 5.41) is 4.35. The molecule has 0 fully saturated rings. The SMILES string of the molecule is O=C1NCc2ccc(CC3C=c4cnccc4=NC3=O)cc21. The largest absolute Gasteiger partial charge is 0.348 e. The minimum absolute atomic E-state index is 0.0463. The number of carbonyl (C=O) groups is 2. The number of hydrogen-bond donors (Lipinski definition) is 1. The average Bonchev–Trinajstić information content (AvgIpc) is 2.89. The van der Waals surface area contributed by atoms with Crippen molar-refractivity contribution in [1.82, 2.24) is 10.3 Å². The first-order valence-corrected chi connectivity index (χ1v) is 7.15. The fraction of sp³-hybridized carbons (Fsp3) is 0.176. The Hall–Kier alpha value is -2.82. The average molecular weight is 291 g/mol. The lowest BCUT2D eigenvalue weighted by Gasteiger charge is -2.12. The maximum absolute atomic E-state index is 12.2. The van der Waals surface area contributed by atoms with E-state index in [0.717, 1.165) is 16.3 Å². The molecule has 108 valence electrons. The lowest BCUT2D eigenvalue weighted by molar-refractivity contribution is -0.120. The van der Waals surface area contributed by atoms with Crippen LogP contribution in [0.1, 0.15) is 21.5 Å². The minimum Gasteiger partial charge on any atom is -0.348 e. The number of benzene rings is 1. The minimum atomic E-state index is -0.306. The predicted molar refractivity (Wildman–Crippen MR) is 79.3 cm³/mol. The van der Waals surface area contributed by atoms with Crippen LogP contribution in [-0.4, -0.2) is 16.8 Å². The molecular formula is C17H13N3O2. The highest BCUT2D eigenvalue weighted by Gasteiger charge is 2.22. The highest BCUT2D eigenvalue weighted by molar-refractivity contribution is 5.98. The number of pyridine rings is 1. The first kappa shape index (κ1) is 12.9. The summed E-state index contributed by atoms with van der Waals surface area (Å²) >= 11 is 0. The molecule has 2 aliphatic heterocycles. The standard InChI is InChI=1S/C17H13N3O2/c21-16-12(7-13-8-18-4-3-15(13)20-16)5-10-1-2-11-9-19-17(22)14(11)6-10/h1-4,6-8,12H,5,9H2,(H,19,22). The van der Waals surface area contributed by atoms with Gasteiger partial charge in [-0.05, 0) is 29.7 Å². The van der Waals surface area contributed by atoms with Gasteiger partial charge in [-0.25, -0.2) is 4.99 Å². The second kappa shape index (κ2) is 4.87. The third kappa shape index (κ3) is 2.11. The smallest absolute Gasteiger partial charge is 0.253 e. The molecule has 0 aliphatic carbocycles. The van der Waals surface area contributed by atoms with Crippen LogP contribution in [-0.2, 0) is 17.8 Å². The molecule has 1 aromatic heterocycles. The van der Waals surface area contributed by atoms with Crippen molar-refractivity contribution in [3.8, 4) is 0 Å². The van der Waals surface area contributed by atoms with E-state index >= 15 is 0 Å². The van der Waals surface area contributed by atoms with Crippen LogP contribution in [0.15, 0.2) is 41.7 Å². The molecule has 0 radical (unpaired) electrons. The van der Waals surface area contributed by atoms with Gasteiger partial charge in [0.05, 0.1) is 11.3 Å². The summed E-state index contributed by atoms with van der Waals surface area (Å²) in [6.07, 6.45) is 5.79. The molecular weight excluding hydrogens is 278 g/mol. The predicted octanol–water partition coefficient (Wildman–Crippen LogP) is 0.124. The quantitative estimate of drug-likeness (QED) is 0.854. The first-order valence-electron chi connectivity index (χ1n) is 7.15. The van der Waals surface area contributed by atoms with Crippen molar-refractivity contribution >= 4 is 17.9 Å². The molecule has 0 bridgehead atoms. The van der Waals surface area contributed by atoms with Crippen LogP contribution in [0.3, 0.4) is 0 Å². The number of nitrogens with zero attached hydrogens (tertiary/aromatic N) is 2. The summed E-state index contributed by atoms with van der Waals surface area (Å²) in [5.74, 6) is -0.502. The normalized spacial score (nSPS) is 18.8. The number of amides is 2. The number of rotatable bonds is 2. The Morgan fingerprint density at radius 3 is 3.05 bits per heavy atom. The Balaban J connectivity index is 1.67. The molecule has 22 heavy (non-hydrogen) atoms. The van der Waals surface area contributed by atoms with Gasteiger partial charge in [-0.15, -0.1) is 0 Å². The molecule has 2 aliphatic rings. The van der Waals surface area contributed by atoms with E-state index in [9.17, 15) is 9.59 Å². The van der Waals surface area contributed by atoms with Crippen LogP contribution in [0.5, 0.6) is 0 Å². The van der Waals surface area contributed by atoms with Gasteiger partial charge >= 0.3 is 0 Å². The molecule has 2 amide bonds. The second-order valence-electron chi connectivity index (χ2n) is 5.54. The van der Waals surface area contributed by atoms with E-state index < -0.39 is 0 Å². The third-order valence-electron chi connectivity index (χ3n) is 4.07. The fourth-order valence-electron chi connectivity index (χ4n) is 2.91. The Bertz CT molecular complexity index is 918. The van der Waals surface area contributed by atoms with Crippen molar-refractivity contribution in [2.24, 2.45) is 10.9 Å². The lowest BCUT2D eigenvalue weighted by atomic mass is 9.94. The summed E-state index contributed by atoms with van der Waals surface area (Å²) in [6, 6.07) is 7.53. The highest BCUT2D eigenvalue weighted by atomic mass is 16.2. The molecule has 5 heteroatoms. The number of nitrogens with one attached hydrogen (secondary N) is 1. The van der Waals surface area contributed by atoms with Gasteiger partial charge in [0.2, 0.25) is 0 Å². The van der Waals surface area contributed by atoms with Crippen molar-refractivity contribution < 1.29 is 9.59 Å². The van der Waals surface area contributed by atoms with Crippen molar-refractivity contribution in [2.45, 2.75) is 13.0 Å². The summed E-state index contributed by atoms with van der Waals surface area (Å²) in [7, 11) is 0. The number of fused-ring (bicyclic) bond motifs is 2. The Labute approximate surface area is 126 Å². The molecule has 1 atom stereocenters. The van der Waals surface area contributed by atoms with Gasteiger partial charge in [-0.1, -0.05) is 18.2 Å². The zero-order valence-corrected chi connectivity index (χ0v) is 11.7. The van der Waals surface area contributed by atoms with Crippen LogP contribution in [0.2, 0.25) is 0 Å². The molecule has 1 unspecified atom stereocenters. The van der Waals surface area contributed by atoms with Crippen LogP contribution >= 0.6 is 0 Å². The molecule has 1 N–H and O–H groups in total. The number of hydrogen-bond acceptors (Lipinski definition) is 3. The van der Waals surface area contributed by atoms with E-state index in [4.69, 9.17) is 0 Å². The van der Waals surface area contributed by atoms with Gasteiger partial charge in [0.1, 0.15) is 0 Å². The first-order chi connectivity index (χ1) is 10.7. The van der Waals surface area contributed by atoms with Crippen molar-refractivity contribution in [1.29, 1.82) is 0 Å². The Morgan fingerprint density at radius 1 is 1.23 bits per heavy atom. The molecule has 2 aromatic rings. The maximum Gasteiger partial charge on any atom is 0.253 e. The van der Waals surface area contributed by atoms with E-state index in [0.29, 0.717) is 23.9 Å². The van der Waals surface area contributed by atoms with E-state index in [-0.39, 0.29) is 17.7 Å². The molecule has 1 aromatic carbocycles. The van der Waals surface area contributed by atoms with E-state index in [1.165, 1.54) is 0 Å². The lowest BCUT2D eigenvalue weighted by Crippen LogP contribution is -2.34. The van der Waals surface area contributed by atoms with Crippen molar-refractivity contribution in [2.75, 3.05) is 0 Å². The molecule has 4 rings (SSSR count). The second-order valence-corrected chi connectivity index (χ2v) is 5.54. The number of aromatic nitrogens is 1. The zero-order valence-electron chi connectivity index (χ0n) is 11.7. The van der Waals surface area contributed by atoms with Gasteiger partial charge in [-0.3, -0.25) is 14.6 Å². The zero-order chi connectivity index (χ0) is 15.1. The molecule has 0 spiro atoms. The summed E-state index contributed by atoms with van der Waals surface area (Å²) in [4.78, 5) is 32.1. The maximum atomic E-state index is 12.2. The van der Waals surface area contributed by atoms with Gasteiger partial charge in [0.15, 0.2) is 0 Å². The summed E-state index contributed by atoms with van der Waals surface area (Å²) < 4.78 is 0. The van der Waals surface area contributed by atoms with Crippen LogP contribution in [0, 0.1) is 5.92 Å².